The first-order valence-electron chi connectivity index (χ1n) is 4.73. The maximum absolute atomic E-state index is 5.41. The predicted molar refractivity (Wildman–Crippen MR) is 64.8 cm³/mol. The highest BCUT2D eigenvalue weighted by Gasteiger charge is 1.89. The molecule has 0 aromatic rings. The Labute approximate surface area is 87.0 Å². The first-order chi connectivity index (χ1) is 6.57. The Morgan fingerprint density at radius 3 is 2.43 bits per heavy atom. The summed E-state index contributed by atoms with van der Waals surface area (Å²) in [4.78, 5) is 0. The van der Waals surface area contributed by atoms with Gasteiger partial charge in [0.25, 0.3) is 0 Å². The van der Waals surface area contributed by atoms with E-state index in [1.807, 2.05) is 25.2 Å². The SMILES string of the molecule is C=C(N)/C=C\C(=C)/C(C)=C/C=C\CC. The third kappa shape index (κ3) is 6.06. The minimum Gasteiger partial charge on any atom is -0.399 e. The Hall–Kier alpha value is -1.50. The summed E-state index contributed by atoms with van der Waals surface area (Å²) >= 11 is 0. The van der Waals surface area contributed by atoms with Gasteiger partial charge in [0.15, 0.2) is 0 Å². The lowest BCUT2D eigenvalue weighted by Crippen LogP contribution is -1.89. The van der Waals surface area contributed by atoms with E-state index in [2.05, 4.69) is 26.2 Å². The molecule has 1 nitrogen and oxygen atoms in total. The number of hydrogen-bond acceptors (Lipinski definition) is 1. The molecule has 0 amide bonds. The molecule has 0 bridgehead atoms. The number of allylic oxidation sites excluding steroid dienone is 7. The lowest BCUT2D eigenvalue weighted by Gasteiger charge is -1.98. The van der Waals surface area contributed by atoms with Gasteiger partial charge in [-0.2, -0.15) is 0 Å². The normalized spacial score (nSPS) is 12.6. The maximum atomic E-state index is 5.41. The van der Waals surface area contributed by atoms with Gasteiger partial charge < -0.3 is 5.73 Å². The molecule has 0 fully saturated rings. The number of rotatable bonds is 5. The highest BCUT2D eigenvalue weighted by Crippen LogP contribution is 2.08. The van der Waals surface area contributed by atoms with Gasteiger partial charge in [0.05, 0.1) is 0 Å². The van der Waals surface area contributed by atoms with Crippen LogP contribution < -0.4 is 5.73 Å². The van der Waals surface area contributed by atoms with Crippen LogP contribution in [-0.2, 0) is 0 Å². The van der Waals surface area contributed by atoms with Crippen LogP contribution in [0.15, 0.2) is 60.4 Å². The minimum absolute atomic E-state index is 0.544. The van der Waals surface area contributed by atoms with Crippen molar-refractivity contribution >= 4 is 0 Å². The van der Waals surface area contributed by atoms with Crippen LogP contribution in [0, 0.1) is 0 Å². The van der Waals surface area contributed by atoms with E-state index in [4.69, 9.17) is 5.73 Å². The predicted octanol–water partition coefficient (Wildman–Crippen LogP) is 3.48. The van der Waals surface area contributed by atoms with Gasteiger partial charge in [0.2, 0.25) is 0 Å². The molecule has 0 aliphatic carbocycles. The van der Waals surface area contributed by atoms with Gasteiger partial charge in [-0.1, -0.05) is 44.4 Å². The Morgan fingerprint density at radius 1 is 1.29 bits per heavy atom. The molecule has 0 aliphatic rings. The van der Waals surface area contributed by atoms with Gasteiger partial charge in [-0.05, 0) is 30.6 Å². The van der Waals surface area contributed by atoms with E-state index in [1.54, 1.807) is 6.08 Å². The van der Waals surface area contributed by atoms with Crippen molar-refractivity contribution in [2.45, 2.75) is 20.3 Å². The summed E-state index contributed by atoms with van der Waals surface area (Å²) in [6, 6.07) is 0. The second-order valence-corrected chi connectivity index (χ2v) is 3.12. The molecular weight excluding hydrogens is 170 g/mol. The second-order valence-electron chi connectivity index (χ2n) is 3.12. The van der Waals surface area contributed by atoms with E-state index < -0.39 is 0 Å². The molecule has 0 unspecified atom stereocenters. The fourth-order valence-electron chi connectivity index (χ4n) is 0.795. The third-order valence-electron chi connectivity index (χ3n) is 1.72. The molecule has 2 N–H and O–H groups in total. The summed E-state index contributed by atoms with van der Waals surface area (Å²) in [5, 5.41) is 0. The number of nitrogens with two attached hydrogens (primary N) is 1. The van der Waals surface area contributed by atoms with Crippen molar-refractivity contribution < 1.29 is 0 Å². The molecule has 14 heavy (non-hydrogen) atoms. The van der Waals surface area contributed by atoms with Gasteiger partial charge in [-0.15, -0.1) is 0 Å². The molecule has 0 heterocycles. The Morgan fingerprint density at radius 2 is 1.93 bits per heavy atom. The van der Waals surface area contributed by atoms with E-state index in [-0.39, 0.29) is 0 Å². The third-order valence-corrected chi connectivity index (χ3v) is 1.72. The molecule has 0 saturated heterocycles. The van der Waals surface area contributed by atoms with Gasteiger partial charge >= 0.3 is 0 Å². The van der Waals surface area contributed by atoms with E-state index in [1.165, 1.54) is 0 Å². The zero-order valence-corrected chi connectivity index (χ0v) is 9.09. The molecule has 0 saturated carbocycles. The lowest BCUT2D eigenvalue weighted by molar-refractivity contribution is 1.22. The average molecular weight is 189 g/mol. The Kier molecular flexibility index (Phi) is 6.21. The topological polar surface area (TPSA) is 26.0 Å². The summed E-state index contributed by atoms with van der Waals surface area (Å²) in [6.07, 6.45) is 10.8. The molecule has 0 spiro atoms. The summed E-state index contributed by atoms with van der Waals surface area (Å²) in [5.74, 6) is 0. The molecule has 0 rings (SSSR count). The standard InChI is InChI=1S/C13H19N/c1-5-6-7-8-11(2)12(3)9-10-13(4)14/h6-10H,3-5,14H2,1-2H3/b7-6-,10-9-,11-8+. The molecule has 76 valence electrons. The molecule has 1 heteroatoms. The molecule has 0 atom stereocenters. The number of hydrogen-bond donors (Lipinski definition) is 1. The summed E-state index contributed by atoms with van der Waals surface area (Å²) < 4.78 is 0. The van der Waals surface area contributed by atoms with Crippen molar-refractivity contribution in [3.8, 4) is 0 Å². The monoisotopic (exact) mass is 189 g/mol. The van der Waals surface area contributed by atoms with Crippen LogP contribution in [-0.4, -0.2) is 0 Å². The lowest BCUT2D eigenvalue weighted by atomic mass is 10.1. The fourth-order valence-corrected chi connectivity index (χ4v) is 0.795. The zero-order valence-electron chi connectivity index (χ0n) is 9.09. The van der Waals surface area contributed by atoms with Gasteiger partial charge in [-0.3, -0.25) is 0 Å². The molecule has 0 aromatic heterocycles. The van der Waals surface area contributed by atoms with Gasteiger partial charge in [0.1, 0.15) is 0 Å². The fraction of sp³-hybridized carbons (Fsp3) is 0.231. The van der Waals surface area contributed by atoms with Crippen LogP contribution in [0.4, 0.5) is 0 Å². The van der Waals surface area contributed by atoms with Crippen LogP contribution in [0.25, 0.3) is 0 Å². The van der Waals surface area contributed by atoms with Gasteiger partial charge in [-0.25, -0.2) is 0 Å². The van der Waals surface area contributed by atoms with E-state index in [0.29, 0.717) is 5.70 Å². The van der Waals surface area contributed by atoms with Crippen LogP contribution in [0.1, 0.15) is 20.3 Å². The van der Waals surface area contributed by atoms with Crippen molar-refractivity contribution in [3.05, 3.63) is 60.4 Å². The molecule has 0 aliphatic heterocycles. The highest BCUT2D eigenvalue weighted by molar-refractivity contribution is 5.39. The van der Waals surface area contributed by atoms with Crippen LogP contribution in [0.2, 0.25) is 0 Å². The maximum Gasteiger partial charge on any atom is 0.0241 e. The van der Waals surface area contributed by atoms with E-state index >= 15 is 0 Å². The van der Waals surface area contributed by atoms with Crippen molar-refractivity contribution in [2.24, 2.45) is 5.73 Å². The summed E-state index contributed by atoms with van der Waals surface area (Å²) in [7, 11) is 0. The second kappa shape index (κ2) is 6.96. The van der Waals surface area contributed by atoms with Crippen LogP contribution >= 0.6 is 0 Å². The van der Waals surface area contributed by atoms with Crippen LogP contribution in [0.5, 0.6) is 0 Å². The largest absolute Gasteiger partial charge is 0.399 e. The van der Waals surface area contributed by atoms with E-state index in [0.717, 1.165) is 17.6 Å². The van der Waals surface area contributed by atoms with Gasteiger partial charge in [0, 0.05) is 5.70 Å². The first kappa shape index (κ1) is 12.5. The highest BCUT2D eigenvalue weighted by atomic mass is 14.5. The van der Waals surface area contributed by atoms with Crippen molar-refractivity contribution in [1.29, 1.82) is 0 Å². The zero-order chi connectivity index (χ0) is 11.0. The molecular formula is C13H19N. The van der Waals surface area contributed by atoms with Crippen molar-refractivity contribution in [1.82, 2.24) is 0 Å². The Balaban J connectivity index is 4.32. The average Bonchev–Trinajstić information content (AvgIpc) is 2.14. The molecule has 0 aromatic carbocycles. The molecule has 0 radical (unpaired) electrons. The summed E-state index contributed by atoms with van der Waals surface area (Å²) in [5.41, 5.74) is 8.04. The first-order valence-corrected chi connectivity index (χ1v) is 4.73. The van der Waals surface area contributed by atoms with E-state index in [9.17, 15) is 0 Å². The quantitative estimate of drug-likeness (QED) is 0.658. The smallest absolute Gasteiger partial charge is 0.0241 e. The Bertz CT molecular complexity index is 290. The minimum atomic E-state index is 0.544. The van der Waals surface area contributed by atoms with Crippen LogP contribution in [0.3, 0.4) is 0 Å². The van der Waals surface area contributed by atoms with Crippen molar-refractivity contribution in [3.63, 3.8) is 0 Å². The van der Waals surface area contributed by atoms with Crippen molar-refractivity contribution in [2.75, 3.05) is 0 Å². The summed E-state index contributed by atoms with van der Waals surface area (Å²) in [6.45, 7) is 11.6.